The third-order valence-corrected chi connectivity index (χ3v) is 5.81. The van der Waals surface area contributed by atoms with Gasteiger partial charge in [0, 0.05) is 24.5 Å². The first-order chi connectivity index (χ1) is 13.9. The number of pyridine rings is 1. The van der Waals surface area contributed by atoms with Crippen molar-refractivity contribution in [2.45, 2.75) is 31.9 Å². The van der Waals surface area contributed by atoms with Crippen LogP contribution in [0.5, 0.6) is 0 Å². The Bertz CT molecular complexity index is 1030. The average Bonchev–Trinajstić information content (AvgIpc) is 2.72. The van der Waals surface area contributed by atoms with Crippen molar-refractivity contribution in [1.29, 1.82) is 0 Å². The first-order valence-corrected chi connectivity index (χ1v) is 9.93. The maximum absolute atomic E-state index is 12.7. The van der Waals surface area contributed by atoms with E-state index in [1.807, 2.05) is 24.3 Å². The van der Waals surface area contributed by atoms with Gasteiger partial charge in [-0.1, -0.05) is 30.3 Å². The van der Waals surface area contributed by atoms with Crippen LogP contribution >= 0.6 is 0 Å². The number of fused-ring (bicyclic) bond motifs is 1. The number of nitrogens with one attached hydrogen (secondary N) is 1. The number of aromatic amines is 1. The minimum atomic E-state index is -4.28. The van der Waals surface area contributed by atoms with Crippen molar-refractivity contribution in [2.75, 3.05) is 18.0 Å². The highest BCUT2D eigenvalue weighted by molar-refractivity contribution is 5.91. The molecule has 4 rings (SSSR count). The monoisotopic (exact) mass is 400 g/mol. The Hall–Kier alpha value is -2.76. The first-order valence-electron chi connectivity index (χ1n) is 9.93. The van der Waals surface area contributed by atoms with Gasteiger partial charge in [0.15, 0.2) is 0 Å². The van der Waals surface area contributed by atoms with Crippen LogP contribution in [-0.2, 0) is 12.6 Å². The van der Waals surface area contributed by atoms with Gasteiger partial charge in [0.2, 0.25) is 5.56 Å². The molecule has 2 heterocycles. The molecule has 6 heteroatoms. The van der Waals surface area contributed by atoms with Gasteiger partial charge in [-0.15, -0.1) is 0 Å². The van der Waals surface area contributed by atoms with E-state index in [4.69, 9.17) is 0 Å². The van der Waals surface area contributed by atoms with E-state index in [0.717, 1.165) is 73.1 Å². The van der Waals surface area contributed by atoms with E-state index in [2.05, 4.69) is 9.88 Å². The van der Waals surface area contributed by atoms with Crippen LogP contribution in [0.15, 0.2) is 59.4 Å². The highest BCUT2D eigenvalue weighted by atomic mass is 19.4. The molecular weight excluding hydrogens is 377 g/mol. The largest absolute Gasteiger partial charge is 0.416 e. The summed E-state index contributed by atoms with van der Waals surface area (Å²) in [7, 11) is 0. The summed E-state index contributed by atoms with van der Waals surface area (Å²) in [5.41, 5.74) is 2.08. The van der Waals surface area contributed by atoms with E-state index in [1.54, 1.807) is 18.2 Å². The number of piperidine rings is 1. The predicted molar refractivity (Wildman–Crippen MR) is 109 cm³/mol. The van der Waals surface area contributed by atoms with E-state index in [9.17, 15) is 18.0 Å². The summed E-state index contributed by atoms with van der Waals surface area (Å²) in [5.74, 6) is 0.543. The molecule has 29 heavy (non-hydrogen) atoms. The number of halogens is 3. The zero-order chi connectivity index (χ0) is 20.4. The Morgan fingerprint density at radius 2 is 1.69 bits per heavy atom. The number of hydrogen-bond acceptors (Lipinski definition) is 2. The van der Waals surface area contributed by atoms with Crippen LogP contribution in [0.25, 0.3) is 10.9 Å². The maximum atomic E-state index is 12.7. The van der Waals surface area contributed by atoms with Gasteiger partial charge in [0.1, 0.15) is 0 Å². The van der Waals surface area contributed by atoms with Gasteiger partial charge in [-0.05, 0) is 55.4 Å². The number of anilines is 1. The minimum absolute atomic E-state index is 0.0943. The SMILES string of the molecule is O=c1cc(N2CCC(CCc3ccc(C(F)(F)F)cc3)CC2)c2ccccc2[nH]1. The fraction of sp³-hybridized carbons (Fsp3) is 0.348. The fourth-order valence-corrected chi connectivity index (χ4v) is 4.14. The van der Waals surface area contributed by atoms with Gasteiger partial charge in [0.05, 0.1) is 16.8 Å². The summed E-state index contributed by atoms with van der Waals surface area (Å²) in [6.45, 7) is 1.76. The van der Waals surface area contributed by atoms with Gasteiger partial charge in [0.25, 0.3) is 0 Å². The molecule has 0 bridgehead atoms. The molecule has 2 aromatic carbocycles. The van der Waals surface area contributed by atoms with E-state index >= 15 is 0 Å². The van der Waals surface area contributed by atoms with Crippen LogP contribution in [-0.4, -0.2) is 18.1 Å². The lowest BCUT2D eigenvalue weighted by molar-refractivity contribution is -0.137. The first kappa shape index (κ1) is 19.6. The van der Waals surface area contributed by atoms with E-state index in [-0.39, 0.29) is 5.56 Å². The normalized spacial score (nSPS) is 15.8. The molecule has 1 N–H and O–H groups in total. The van der Waals surface area contributed by atoms with Crippen molar-refractivity contribution in [3.8, 4) is 0 Å². The van der Waals surface area contributed by atoms with Gasteiger partial charge in [-0.3, -0.25) is 4.79 Å². The summed E-state index contributed by atoms with van der Waals surface area (Å²) in [4.78, 5) is 17.2. The van der Waals surface area contributed by atoms with Gasteiger partial charge >= 0.3 is 6.18 Å². The molecule has 1 aliphatic rings. The molecule has 3 aromatic rings. The number of aryl methyl sites for hydroxylation is 1. The number of nitrogens with zero attached hydrogens (tertiary/aromatic N) is 1. The Morgan fingerprint density at radius 1 is 1.00 bits per heavy atom. The molecule has 0 saturated carbocycles. The van der Waals surface area contributed by atoms with Crippen molar-refractivity contribution in [2.24, 2.45) is 5.92 Å². The quantitative estimate of drug-likeness (QED) is 0.637. The standard InChI is InChI=1S/C23H23F3N2O/c24-23(25,26)18-9-7-16(8-10-18)5-6-17-11-13-28(14-12-17)21-15-22(29)27-20-4-2-1-3-19(20)21/h1-4,7-10,15,17H,5-6,11-14H2,(H,27,29). The van der Waals surface area contributed by atoms with Crippen LogP contribution in [0.4, 0.5) is 18.9 Å². The second-order valence-corrected chi connectivity index (χ2v) is 7.73. The number of alkyl halides is 3. The molecule has 0 spiro atoms. The van der Waals surface area contributed by atoms with Crippen LogP contribution in [0.1, 0.15) is 30.4 Å². The molecule has 1 aliphatic heterocycles. The molecule has 1 saturated heterocycles. The molecule has 0 radical (unpaired) electrons. The zero-order valence-electron chi connectivity index (χ0n) is 16.0. The van der Waals surface area contributed by atoms with E-state index < -0.39 is 11.7 Å². The minimum Gasteiger partial charge on any atom is -0.371 e. The third-order valence-electron chi connectivity index (χ3n) is 5.81. The molecule has 1 aromatic heterocycles. The van der Waals surface area contributed by atoms with Crippen molar-refractivity contribution in [3.05, 3.63) is 76.1 Å². The predicted octanol–water partition coefficient (Wildman–Crippen LogP) is 5.40. The summed E-state index contributed by atoms with van der Waals surface area (Å²) < 4.78 is 38.0. The lowest BCUT2D eigenvalue weighted by Crippen LogP contribution is -2.34. The Morgan fingerprint density at radius 3 is 2.38 bits per heavy atom. The van der Waals surface area contributed by atoms with E-state index in [0.29, 0.717) is 5.92 Å². The molecule has 1 fully saturated rings. The zero-order valence-corrected chi connectivity index (χ0v) is 16.0. The molecule has 0 unspecified atom stereocenters. The topological polar surface area (TPSA) is 36.1 Å². The van der Waals surface area contributed by atoms with Crippen molar-refractivity contribution in [3.63, 3.8) is 0 Å². The van der Waals surface area contributed by atoms with Crippen LogP contribution in [0, 0.1) is 5.92 Å². The van der Waals surface area contributed by atoms with Crippen molar-refractivity contribution >= 4 is 16.6 Å². The van der Waals surface area contributed by atoms with Crippen molar-refractivity contribution < 1.29 is 13.2 Å². The lowest BCUT2D eigenvalue weighted by Gasteiger charge is -2.34. The molecule has 0 aliphatic carbocycles. The molecule has 0 amide bonds. The van der Waals surface area contributed by atoms with Gasteiger partial charge < -0.3 is 9.88 Å². The number of aromatic nitrogens is 1. The Balaban J connectivity index is 1.36. The van der Waals surface area contributed by atoms with Gasteiger partial charge in [-0.25, -0.2) is 0 Å². The molecule has 0 atom stereocenters. The average molecular weight is 400 g/mol. The maximum Gasteiger partial charge on any atom is 0.416 e. The third kappa shape index (κ3) is 4.47. The number of rotatable bonds is 4. The molecule has 152 valence electrons. The highest BCUT2D eigenvalue weighted by Gasteiger charge is 2.30. The summed E-state index contributed by atoms with van der Waals surface area (Å²) in [5, 5.41) is 1.05. The van der Waals surface area contributed by atoms with Crippen LogP contribution in [0.3, 0.4) is 0 Å². The number of H-pyrrole nitrogens is 1. The lowest BCUT2D eigenvalue weighted by atomic mass is 9.90. The van der Waals surface area contributed by atoms with Crippen molar-refractivity contribution in [1.82, 2.24) is 4.98 Å². The van der Waals surface area contributed by atoms with E-state index in [1.165, 1.54) is 0 Å². The van der Waals surface area contributed by atoms with Crippen LogP contribution in [0.2, 0.25) is 0 Å². The fourth-order valence-electron chi connectivity index (χ4n) is 4.14. The number of benzene rings is 2. The van der Waals surface area contributed by atoms with Gasteiger partial charge in [-0.2, -0.15) is 13.2 Å². The number of para-hydroxylation sites is 1. The highest BCUT2D eigenvalue weighted by Crippen LogP contribution is 2.31. The molecule has 3 nitrogen and oxygen atoms in total. The summed E-state index contributed by atoms with van der Waals surface area (Å²) >= 11 is 0. The Labute approximate surface area is 167 Å². The second kappa shape index (κ2) is 7.93. The Kier molecular flexibility index (Phi) is 5.35. The summed E-state index contributed by atoms with van der Waals surface area (Å²) in [6.07, 6.45) is -0.496. The number of hydrogen-bond donors (Lipinski definition) is 1. The molecular formula is C23H23F3N2O. The van der Waals surface area contributed by atoms with Crippen LogP contribution < -0.4 is 10.5 Å². The second-order valence-electron chi connectivity index (χ2n) is 7.73. The summed E-state index contributed by atoms with van der Waals surface area (Å²) in [6, 6.07) is 15.0. The smallest absolute Gasteiger partial charge is 0.371 e.